The molecule has 0 radical (unpaired) electrons. The van der Waals surface area contributed by atoms with Crippen LogP contribution in [0, 0.1) is 0 Å². The Morgan fingerprint density at radius 3 is 2.38 bits per heavy atom. The van der Waals surface area contributed by atoms with Crippen LogP contribution in [0.25, 0.3) is 0 Å². The quantitative estimate of drug-likeness (QED) is 0.743. The lowest BCUT2D eigenvalue weighted by molar-refractivity contribution is -0.130. The van der Waals surface area contributed by atoms with Crippen LogP contribution in [0.3, 0.4) is 0 Å². The van der Waals surface area contributed by atoms with Crippen molar-refractivity contribution in [3.8, 4) is 0 Å². The third kappa shape index (κ3) is 4.27. The maximum absolute atomic E-state index is 11.6. The highest BCUT2D eigenvalue weighted by atomic mass is 35.5. The summed E-state index contributed by atoms with van der Waals surface area (Å²) in [6, 6.07) is 0.161. The monoisotopic (exact) mass is 270 g/mol. The van der Waals surface area contributed by atoms with Gasteiger partial charge in [-0.3, -0.25) is 4.79 Å². The molecule has 1 amide bonds. The fraction of sp³-hybridized carbons (Fsp3) is 0.889. The molecule has 0 aliphatic carbocycles. The Morgan fingerprint density at radius 1 is 1.44 bits per heavy atom. The van der Waals surface area contributed by atoms with Gasteiger partial charge in [0.05, 0.1) is 11.8 Å². The van der Waals surface area contributed by atoms with Gasteiger partial charge in [0.25, 0.3) is 0 Å². The molecule has 5 nitrogen and oxygen atoms in total. The lowest BCUT2D eigenvalue weighted by Crippen LogP contribution is -2.58. The van der Waals surface area contributed by atoms with Crippen molar-refractivity contribution in [2.45, 2.75) is 19.4 Å². The minimum absolute atomic E-state index is 0. The number of amides is 1. The van der Waals surface area contributed by atoms with Crippen LogP contribution in [-0.4, -0.2) is 56.9 Å². The standard InChI is InChI=1S/C9H18N2O3S.ClH/c1-3-4-15(13,14)7-9(12)11(2)8-5-10-6-8;/h8,10H,3-7H2,1-2H3;1H. The highest BCUT2D eigenvalue weighted by Gasteiger charge is 2.27. The molecule has 0 saturated carbocycles. The van der Waals surface area contributed by atoms with E-state index >= 15 is 0 Å². The summed E-state index contributed by atoms with van der Waals surface area (Å²) in [6.07, 6.45) is 0.560. The normalized spacial score (nSPS) is 16.1. The van der Waals surface area contributed by atoms with Gasteiger partial charge in [0.2, 0.25) is 5.91 Å². The van der Waals surface area contributed by atoms with Gasteiger partial charge in [-0.1, -0.05) is 6.92 Å². The zero-order chi connectivity index (χ0) is 11.5. The largest absolute Gasteiger partial charge is 0.339 e. The molecule has 16 heavy (non-hydrogen) atoms. The predicted octanol–water partition coefficient (Wildman–Crippen LogP) is -0.337. The summed E-state index contributed by atoms with van der Waals surface area (Å²) in [5.41, 5.74) is 0. The molecule has 1 rings (SSSR count). The van der Waals surface area contributed by atoms with Crippen LogP contribution in [0.2, 0.25) is 0 Å². The zero-order valence-corrected chi connectivity index (χ0v) is 11.2. The summed E-state index contributed by atoms with van der Waals surface area (Å²) >= 11 is 0. The number of hydrogen-bond acceptors (Lipinski definition) is 4. The highest BCUT2D eigenvalue weighted by Crippen LogP contribution is 2.04. The first-order valence-corrected chi connectivity index (χ1v) is 6.95. The van der Waals surface area contributed by atoms with Crippen LogP contribution >= 0.6 is 12.4 Å². The van der Waals surface area contributed by atoms with Crippen LogP contribution in [-0.2, 0) is 14.6 Å². The first-order valence-electron chi connectivity index (χ1n) is 5.13. The van der Waals surface area contributed by atoms with Gasteiger partial charge in [-0.2, -0.15) is 0 Å². The summed E-state index contributed by atoms with van der Waals surface area (Å²) < 4.78 is 22.8. The maximum Gasteiger partial charge on any atom is 0.237 e. The van der Waals surface area contributed by atoms with Crippen LogP contribution in [0.1, 0.15) is 13.3 Å². The van der Waals surface area contributed by atoms with Gasteiger partial charge in [-0.25, -0.2) is 8.42 Å². The van der Waals surface area contributed by atoms with E-state index in [1.54, 1.807) is 14.0 Å². The molecular formula is C9H19ClN2O3S. The molecule has 0 aromatic rings. The van der Waals surface area contributed by atoms with Crippen LogP contribution in [0.5, 0.6) is 0 Å². The van der Waals surface area contributed by atoms with Crippen molar-refractivity contribution < 1.29 is 13.2 Å². The molecule has 0 aromatic heterocycles. The second-order valence-electron chi connectivity index (χ2n) is 3.91. The van der Waals surface area contributed by atoms with Crippen LogP contribution < -0.4 is 5.32 Å². The summed E-state index contributed by atoms with van der Waals surface area (Å²) in [5.74, 6) is -0.557. The van der Waals surface area contributed by atoms with Gasteiger partial charge >= 0.3 is 0 Å². The summed E-state index contributed by atoms with van der Waals surface area (Å²) in [4.78, 5) is 13.1. The van der Waals surface area contributed by atoms with Gasteiger partial charge in [0, 0.05) is 20.1 Å². The number of nitrogens with zero attached hydrogens (tertiary/aromatic N) is 1. The molecule has 7 heteroatoms. The third-order valence-corrected chi connectivity index (χ3v) is 4.28. The van der Waals surface area contributed by atoms with Crippen molar-refractivity contribution in [1.82, 2.24) is 10.2 Å². The molecule has 0 unspecified atom stereocenters. The fourth-order valence-corrected chi connectivity index (χ4v) is 2.77. The van der Waals surface area contributed by atoms with E-state index in [-0.39, 0.29) is 35.9 Å². The Balaban J connectivity index is 0.00000225. The summed E-state index contributed by atoms with van der Waals surface area (Å²) in [6.45, 7) is 3.31. The average Bonchev–Trinajstić information content (AvgIpc) is 1.99. The number of halogens is 1. The summed E-state index contributed by atoms with van der Waals surface area (Å²) in [7, 11) is -1.54. The fourth-order valence-electron chi connectivity index (χ4n) is 1.42. The zero-order valence-electron chi connectivity index (χ0n) is 9.60. The number of carbonyl (C=O) groups excluding carboxylic acids is 1. The lowest BCUT2D eigenvalue weighted by atomic mass is 10.1. The van der Waals surface area contributed by atoms with E-state index in [0.717, 1.165) is 13.1 Å². The SMILES string of the molecule is CCCS(=O)(=O)CC(=O)N(C)C1CNC1.Cl. The van der Waals surface area contributed by atoms with E-state index in [0.29, 0.717) is 6.42 Å². The van der Waals surface area contributed by atoms with E-state index in [1.807, 2.05) is 0 Å². The van der Waals surface area contributed by atoms with Crippen molar-refractivity contribution in [2.75, 3.05) is 31.6 Å². The highest BCUT2D eigenvalue weighted by molar-refractivity contribution is 7.92. The molecule has 1 fully saturated rings. The van der Waals surface area contributed by atoms with Crippen LogP contribution in [0.4, 0.5) is 0 Å². The number of sulfone groups is 1. The molecule has 0 spiro atoms. The van der Waals surface area contributed by atoms with E-state index in [4.69, 9.17) is 0 Å². The molecule has 1 heterocycles. The van der Waals surface area contributed by atoms with Gasteiger partial charge in [-0.15, -0.1) is 12.4 Å². The molecule has 0 atom stereocenters. The number of likely N-dealkylation sites (N-methyl/N-ethyl adjacent to an activating group) is 1. The van der Waals surface area contributed by atoms with Crippen molar-refractivity contribution >= 4 is 28.2 Å². The number of hydrogen-bond donors (Lipinski definition) is 1. The lowest BCUT2D eigenvalue weighted by Gasteiger charge is -2.35. The van der Waals surface area contributed by atoms with Crippen LogP contribution in [0.15, 0.2) is 0 Å². The molecule has 1 saturated heterocycles. The van der Waals surface area contributed by atoms with Crippen molar-refractivity contribution in [2.24, 2.45) is 0 Å². The summed E-state index contributed by atoms with van der Waals surface area (Å²) in [5, 5.41) is 3.04. The Morgan fingerprint density at radius 2 is 2.00 bits per heavy atom. The van der Waals surface area contributed by atoms with E-state index in [2.05, 4.69) is 5.32 Å². The van der Waals surface area contributed by atoms with E-state index < -0.39 is 9.84 Å². The number of nitrogens with one attached hydrogen (secondary N) is 1. The average molecular weight is 271 g/mol. The second kappa shape index (κ2) is 6.42. The van der Waals surface area contributed by atoms with Crippen molar-refractivity contribution in [1.29, 1.82) is 0 Å². The molecule has 96 valence electrons. The van der Waals surface area contributed by atoms with Crippen molar-refractivity contribution in [3.63, 3.8) is 0 Å². The molecule has 1 aliphatic rings. The van der Waals surface area contributed by atoms with Gasteiger partial charge < -0.3 is 10.2 Å². The molecule has 1 N–H and O–H groups in total. The third-order valence-electron chi connectivity index (χ3n) is 2.56. The molecule has 1 aliphatic heterocycles. The molecular weight excluding hydrogens is 252 g/mol. The molecule has 0 bridgehead atoms. The van der Waals surface area contributed by atoms with Gasteiger partial charge in [0.1, 0.15) is 5.75 Å². The smallest absolute Gasteiger partial charge is 0.237 e. The minimum Gasteiger partial charge on any atom is -0.339 e. The van der Waals surface area contributed by atoms with Gasteiger partial charge in [0.15, 0.2) is 9.84 Å². The number of carbonyl (C=O) groups is 1. The van der Waals surface area contributed by atoms with E-state index in [9.17, 15) is 13.2 Å². The Hall–Kier alpha value is -0.330. The van der Waals surface area contributed by atoms with E-state index in [1.165, 1.54) is 4.90 Å². The first kappa shape index (κ1) is 15.7. The van der Waals surface area contributed by atoms with Crippen molar-refractivity contribution in [3.05, 3.63) is 0 Å². The minimum atomic E-state index is -3.21. The Labute approximate surface area is 103 Å². The topological polar surface area (TPSA) is 66.5 Å². The number of rotatable bonds is 5. The Kier molecular flexibility index (Phi) is 6.28. The Bertz CT molecular complexity index is 328. The first-order chi connectivity index (χ1) is 6.96. The molecule has 0 aromatic carbocycles. The predicted molar refractivity (Wildman–Crippen MR) is 65.6 cm³/mol. The maximum atomic E-state index is 11.6. The van der Waals surface area contributed by atoms with Gasteiger partial charge in [-0.05, 0) is 6.42 Å². The second-order valence-corrected chi connectivity index (χ2v) is 6.09.